The molecule has 21 heavy (non-hydrogen) atoms. The average Bonchev–Trinajstić information content (AvgIpc) is 3.17. The molecule has 0 aliphatic heterocycles. The van der Waals surface area contributed by atoms with Gasteiger partial charge in [0.1, 0.15) is 0 Å². The van der Waals surface area contributed by atoms with Gasteiger partial charge < -0.3 is 5.32 Å². The standard InChI is InChI=1S/C14H24N2O2S3/c1-11(6-8-19-3)16(2)21(17,18)14-7-9-20-13(14)10-15-12-4-5-12/h7,9,11-12,15H,4-6,8,10H2,1-3H3. The van der Waals surface area contributed by atoms with E-state index < -0.39 is 10.0 Å². The van der Waals surface area contributed by atoms with Gasteiger partial charge in [0, 0.05) is 30.6 Å². The van der Waals surface area contributed by atoms with Crippen LogP contribution in [0.4, 0.5) is 0 Å². The molecule has 1 aliphatic rings. The normalized spacial score (nSPS) is 17.3. The Morgan fingerprint density at radius 2 is 2.24 bits per heavy atom. The lowest BCUT2D eigenvalue weighted by Crippen LogP contribution is -2.35. The monoisotopic (exact) mass is 348 g/mol. The van der Waals surface area contributed by atoms with E-state index in [1.165, 1.54) is 28.5 Å². The van der Waals surface area contributed by atoms with Crippen molar-refractivity contribution in [2.75, 3.05) is 19.1 Å². The summed E-state index contributed by atoms with van der Waals surface area (Å²) in [5.74, 6) is 0.973. The smallest absolute Gasteiger partial charge is 0.244 e. The van der Waals surface area contributed by atoms with Crippen LogP contribution in [0.2, 0.25) is 0 Å². The maximum atomic E-state index is 12.8. The Morgan fingerprint density at radius 3 is 2.86 bits per heavy atom. The first-order valence-corrected chi connectivity index (χ1v) is 10.9. The fourth-order valence-electron chi connectivity index (χ4n) is 2.07. The van der Waals surface area contributed by atoms with E-state index >= 15 is 0 Å². The van der Waals surface area contributed by atoms with Crippen LogP contribution in [0.25, 0.3) is 0 Å². The number of hydrogen-bond acceptors (Lipinski definition) is 5. The van der Waals surface area contributed by atoms with Gasteiger partial charge >= 0.3 is 0 Å². The van der Waals surface area contributed by atoms with E-state index in [1.807, 2.05) is 18.6 Å². The van der Waals surface area contributed by atoms with Crippen LogP contribution >= 0.6 is 23.1 Å². The second kappa shape index (κ2) is 7.46. The SMILES string of the molecule is CSCCC(C)N(C)S(=O)(=O)c1ccsc1CNC1CC1. The summed E-state index contributed by atoms with van der Waals surface area (Å²) in [7, 11) is -1.70. The highest BCUT2D eigenvalue weighted by atomic mass is 32.2. The first-order valence-electron chi connectivity index (χ1n) is 7.23. The minimum absolute atomic E-state index is 0.0200. The van der Waals surface area contributed by atoms with Crippen LogP contribution in [0.15, 0.2) is 16.3 Å². The number of nitrogens with zero attached hydrogens (tertiary/aromatic N) is 1. The zero-order valence-corrected chi connectivity index (χ0v) is 15.3. The molecule has 0 bridgehead atoms. The van der Waals surface area contributed by atoms with Crippen LogP contribution < -0.4 is 5.32 Å². The van der Waals surface area contributed by atoms with Gasteiger partial charge in [-0.05, 0) is 49.6 Å². The molecule has 1 fully saturated rings. The number of sulfonamides is 1. The van der Waals surface area contributed by atoms with Crippen molar-refractivity contribution in [2.45, 2.75) is 49.7 Å². The predicted octanol–water partition coefficient (Wildman–Crippen LogP) is 2.76. The third-order valence-electron chi connectivity index (χ3n) is 3.85. The highest BCUT2D eigenvalue weighted by Gasteiger charge is 2.29. The Kier molecular flexibility index (Phi) is 6.14. The molecule has 1 aromatic heterocycles. The van der Waals surface area contributed by atoms with Gasteiger partial charge in [-0.1, -0.05) is 0 Å². The van der Waals surface area contributed by atoms with Crippen molar-refractivity contribution < 1.29 is 8.42 Å². The molecule has 1 heterocycles. The predicted molar refractivity (Wildman–Crippen MR) is 91.6 cm³/mol. The summed E-state index contributed by atoms with van der Waals surface area (Å²) in [6.07, 6.45) is 5.33. The van der Waals surface area contributed by atoms with Crippen molar-refractivity contribution in [1.29, 1.82) is 0 Å². The molecule has 2 rings (SSSR count). The third-order valence-corrected chi connectivity index (χ3v) is 7.60. The molecule has 1 unspecified atom stereocenters. The van der Waals surface area contributed by atoms with Crippen molar-refractivity contribution in [1.82, 2.24) is 9.62 Å². The molecule has 120 valence electrons. The number of thioether (sulfide) groups is 1. The molecule has 1 N–H and O–H groups in total. The van der Waals surface area contributed by atoms with Crippen molar-refractivity contribution in [3.8, 4) is 0 Å². The summed E-state index contributed by atoms with van der Waals surface area (Å²) in [6, 6.07) is 2.34. The van der Waals surface area contributed by atoms with Gasteiger partial charge in [0.25, 0.3) is 0 Å². The van der Waals surface area contributed by atoms with E-state index in [0.29, 0.717) is 17.5 Å². The first-order chi connectivity index (χ1) is 9.96. The van der Waals surface area contributed by atoms with Crippen molar-refractivity contribution in [3.05, 3.63) is 16.3 Å². The van der Waals surface area contributed by atoms with Gasteiger partial charge in [0.05, 0.1) is 4.90 Å². The Labute approximate surface area is 136 Å². The first kappa shape index (κ1) is 17.3. The molecule has 1 atom stereocenters. The highest BCUT2D eigenvalue weighted by Crippen LogP contribution is 2.28. The second-order valence-electron chi connectivity index (χ2n) is 5.51. The average molecular weight is 349 g/mol. The molecule has 0 aromatic carbocycles. The summed E-state index contributed by atoms with van der Waals surface area (Å²) in [4.78, 5) is 1.39. The van der Waals surface area contributed by atoms with E-state index in [0.717, 1.165) is 17.1 Å². The quantitative estimate of drug-likeness (QED) is 0.745. The van der Waals surface area contributed by atoms with Gasteiger partial charge in [-0.2, -0.15) is 16.1 Å². The number of hydrogen-bond donors (Lipinski definition) is 1. The maximum absolute atomic E-state index is 12.8. The Balaban J connectivity index is 2.08. The fourth-order valence-corrected chi connectivity index (χ4v) is 5.41. The minimum Gasteiger partial charge on any atom is -0.309 e. The molecule has 1 aromatic rings. The number of nitrogens with one attached hydrogen (secondary N) is 1. The van der Waals surface area contributed by atoms with E-state index in [2.05, 4.69) is 5.32 Å². The summed E-state index contributed by atoms with van der Waals surface area (Å²) in [5.41, 5.74) is 0. The lowest BCUT2D eigenvalue weighted by molar-refractivity contribution is 0.382. The molecule has 0 amide bonds. The van der Waals surface area contributed by atoms with E-state index in [4.69, 9.17) is 0 Å². The van der Waals surface area contributed by atoms with Crippen LogP contribution in [0.3, 0.4) is 0 Å². The van der Waals surface area contributed by atoms with Gasteiger partial charge in [-0.25, -0.2) is 8.42 Å². The van der Waals surface area contributed by atoms with Crippen LogP contribution in [0.1, 0.15) is 31.1 Å². The van der Waals surface area contributed by atoms with Crippen molar-refractivity contribution in [2.24, 2.45) is 0 Å². The van der Waals surface area contributed by atoms with Crippen LogP contribution in [0.5, 0.6) is 0 Å². The Morgan fingerprint density at radius 1 is 1.52 bits per heavy atom. The zero-order valence-electron chi connectivity index (χ0n) is 12.8. The maximum Gasteiger partial charge on any atom is 0.244 e. The van der Waals surface area contributed by atoms with Gasteiger partial charge in [-0.3, -0.25) is 0 Å². The number of rotatable bonds is 9. The van der Waals surface area contributed by atoms with Gasteiger partial charge in [0.15, 0.2) is 0 Å². The van der Waals surface area contributed by atoms with Crippen LogP contribution in [0, 0.1) is 0 Å². The Bertz CT molecular complexity index is 552. The largest absolute Gasteiger partial charge is 0.309 e. The lowest BCUT2D eigenvalue weighted by Gasteiger charge is -2.24. The number of thiophene rings is 1. The molecule has 0 saturated heterocycles. The van der Waals surface area contributed by atoms with E-state index in [9.17, 15) is 8.42 Å². The molecular weight excluding hydrogens is 324 g/mol. The van der Waals surface area contributed by atoms with Gasteiger partial charge in [0.2, 0.25) is 10.0 Å². The molecule has 1 saturated carbocycles. The van der Waals surface area contributed by atoms with Gasteiger partial charge in [-0.15, -0.1) is 11.3 Å². The summed E-state index contributed by atoms with van der Waals surface area (Å²) >= 11 is 3.27. The van der Waals surface area contributed by atoms with Crippen LogP contribution in [-0.2, 0) is 16.6 Å². The molecular formula is C14H24N2O2S3. The van der Waals surface area contributed by atoms with Crippen molar-refractivity contribution >= 4 is 33.1 Å². The summed E-state index contributed by atoms with van der Waals surface area (Å²) < 4.78 is 27.1. The minimum atomic E-state index is -3.39. The summed E-state index contributed by atoms with van der Waals surface area (Å²) in [5, 5.41) is 5.27. The van der Waals surface area contributed by atoms with Crippen molar-refractivity contribution in [3.63, 3.8) is 0 Å². The second-order valence-corrected chi connectivity index (χ2v) is 9.47. The molecule has 7 heteroatoms. The third kappa shape index (κ3) is 4.45. The molecule has 0 radical (unpaired) electrons. The lowest BCUT2D eigenvalue weighted by atomic mass is 10.3. The zero-order chi connectivity index (χ0) is 15.5. The molecule has 0 spiro atoms. The summed E-state index contributed by atoms with van der Waals surface area (Å²) in [6.45, 7) is 2.63. The van der Waals surface area contributed by atoms with Crippen LogP contribution in [-0.4, -0.2) is 43.9 Å². The highest BCUT2D eigenvalue weighted by molar-refractivity contribution is 7.98. The van der Waals surface area contributed by atoms with E-state index in [-0.39, 0.29) is 6.04 Å². The molecule has 4 nitrogen and oxygen atoms in total. The molecule has 1 aliphatic carbocycles. The Hall–Kier alpha value is -0.0800. The van der Waals surface area contributed by atoms with E-state index in [1.54, 1.807) is 24.9 Å². The fraction of sp³-hybridized carbons (Fsp3) is 0.714. The topological polar surface area (TPSA) is 49.4 Å².